The topological polar surface area (TPSA) is 92.8 Å². The highest BCUT2D eigenvalue weighted by Gasteiger charge is 2.30. The van der Waals surface area contributed by atoms with Crippen molar-refractivity contribution in [3.8, 4) is 0 Å². The molecular formula is C29H32N6O2. The van der Waals surface area contributed by atoms with E-state index in [-0.39, 0.29) is 17.5 Å². The third-order valence-corrected chi connectivity index (χ3v) is 6.72. The summed E-state index contributed by atoms with van der Waals surface area (Å²) in [5, 5.41) is 13.8. The fourth-order valence-electron chi connectivity index (χ4n) is 4.91. The van der Waals surface area contributed by atoms with Crippen molar-refractivity contribution >= 4 is 10.9 Å². The van der Waals surface area contributed by atoms with Crippen LogP contribution in [0.4, 0.5) is 0 Å². The molecule has 0 spiro atoms. The van der Waals surface area contributed by atoms with Crippen molar-refractivity contribution in [3.05, 3.63) is 112 Å². The molecule has 5 rings (SSSR count). The lowest BCUT2D eigenvalue weighted by Crippen LogP contribution is -2.37. The smallest absolute Gasteiger partial charge is 0.252 e. The number of aromatic amines is 1. The van der Waals surface area contributed by atoms with E-state index < -0.39 is 0 Å². The van der Waals surface area contributed by atoms with Crippen molar-refractivity contribution in [2.45, 2.75) is 46.3 Å². The van der Waals surface area contributed by atoms with Gasteiger partial charge in [0, 0.05) is 24.2 Å². The van der Waals surface area contributed by atoms with E-state index in [0.29, 0.717) is 13.1 Å². The van der Waals surface area contributed by atoms with Crippen LogP contribution in [0, 0.1) is 12.8 Å². The van der Waals surface area contributed by atoms with Gasteiger partial charge in [0.1, 0.15) is 12.3 Å². The minimum absolute atomic E-state index is 0.0706. The van der Waals surface area contributed by atoms with Crippen molar-refractivity contribution in [1.29, 1.82) is 0 Å². The number of tetrazole rings is 1. The molecule has 8 nitrogen and oxygen atoms in total. The number of hydrogen-bond donors (Lipinski definition) is 1. The molecule has 5 aromatic rings. The van der Waals surface area contributed by atoms with Gasteiger partial charge in [-0.05, 0) is 71.0 Å². The highest BCUT2D eigenvalue weighted by molar-refractivity contribution is 5.79. The lowest BCUT2D eigenvalue weighted by molar-refractivity contribution is 0.135. The summed E-state index contributed by atoms with van der Waals surface area (Å²) >= 11 is 0. The summed E-state index contributed by atoms with van der Waals surface area (Å²) in [7, 11) is 0. The molecule has 8 heteroatoms. The van der Waals surface area contributed by atoms with Crippen molar-refractivity contribution in [2.24, 2.45) is 5.92 Å². The van der Waals surface area contributed by atoms with Gasteiger partial charge in [-0.3, -0.25) is 9.69 Å². The Morgan fingerprint density at radius 2 is 1.89 bits per heavy atom. The fraction of sp³-hybridized carbons (Fsp3) is 0.310. The second-order valence-corrected chi connectivity index (χ2v) is 9.88. The molecule has 0 saturated carbocycles. The number of nitrogens with one attached hydrogen (secondary N) is 1. The van der Waals surface area contributed by atoms with Gasteiger partial charge in [0.15, 0.2) is 5.82 Å². The van der Waals surface area contributed by atoms with Crippen LogP contribution in [0.1, 0.15) is 48.2 Å². The number of fused-ring (bicyclic) bond motifs is 1. The maximum Gasteiger partial charge on any atom is 0.252 e. The van der Waals surface area contributed by atoms with Crippen LogP contribution in [0.3, 0.4) is 0 Å². The number of rotatable bonds is 10. The molecule has 0 aliphatic heterocycles. The molecule has 2 aromatic carbocycles. The zero-order valence-corrected chi connectivity index (χ0v) is 21.5. The molecule has 1 N–H and O–H groups in total. The summed E-state index contributed by atoms with van der Waals surface area (Å²) in [6.07, 6.45) is 2.49. The molecule has 0 saturated heterocycles. The van der Waals surface area contributed by atoms with Gasteiger partial charge in [0.05, 0.1) is 12.3 Å². The van der Waals surface area contributed by atoms with Crippen LogP contribution in [0.15, 0.2) is 82.2 Å². The van der Waals surface area contributed by atoms with Gasteiger partial charge in [-0.25, -0.2) is 4.68 Å². The van der Waals surface area contributed by atoms with Gasteiger partial charge in [-0.2, -0.15) is 0 Å². The SMILES string of the molecule is Cc1ccc2[nH]c(=O)c(CN(CCc3ccccc3)[C@@H](c3nnnn3Cc3ccco3)C(C)C)cc2c1. The largest absolute Gasteiger partial charge is 0.467 e. The van der Waals surface area contributed by atoms with E-state index in [0.717, 1.165) is 46.6 Å². The van der Waals surface area contributed by atoms with Crippen molar-refractivity contribution in [2.75, 3.05) is 6.54 Å². The Morgan fingerprint density at radius 1 is 1.05 bits per heavy atom. The zero-order chi connectivity index (χ0) is 25.8. The van der Waals surface area contributed by atoms with Gasteiger partial charge in [-0.15, -0.1) is 5.10 Å². The molecule has 37 heavy (non-hydrogen) atoms. The summed E-state index contributed by atoms with van der Waals surface area (Å²) in [6.45, 7) is 8.05. The first-order valence-electron chi connectivity index (χ1n) is 12.7. The van der Waals surface area contributed by atoms with E-state index in [2.05, 4.69) is 76.5 Å². The summed E-state index contributed by atoms with van der Waals surface area (Å²) in [5.74, 6) is 1.74. The Balaban J connectivity index is 1.52. The van der Waals surface area contributed by atoms with Crippen molar-refractivity contribution in [3.63, 3.8) is 0 Å². The minimum Gasteiger partial charge on any atom is -0.467 e. The predicted molar refractivity (Wildman–Crippen MR) is 143 cm³/mol. The predicted octanol–water partition coefficient (Wildman–Crippen LogP) is 4.91. The quantitative estimate of drug-likeness (QED) is 0.295. The van der Waals surface area contributed by atoms with Gasteiger partial charge in [0.2, 0.25) is 0 Å². The molecule has 1 atom stereocenters. The Bertz CT molecular complexity index is 1500. The number of benzene rings is 2. The number of pyridine rings is 1. The molecule has 0 unspecified atom stereocenters. The molecule has 0 radical (unpaired) electrons. The van der Waals surface area contributed by atoms with Gasteiger partial charge < -0.3 is 9.40 Å². The second kappa shape index (κ2) is 10.9. The molecule has 0 aliphatic rings. The van der Waals surface area contributed by atoms with Crippen LogP contribution >= 0.6 is 0 Å². The maximum atomic E-state index is 13.1. The van der Waals surface area contributed by atoms with E-state index >= 15 is 0 Å². The van der Waals surface area contributed by atoms with Crippen LogP contribution in [-0.2, 0) is 19.5 Å². The minimum atomic E-state index is -0.110. The van der Waals surface area contributed by atoms with Crippen LogP contribution in [-0.4, -0.2) is 36.6 Å². The molecule has 0 aliphatic carbocycles. The van der Waals surface area contributed by atoms with Crippen LogP contribution in [0.25, 0.3) is 10.9 Å². The fourth-order valence-corrected chi connectivity index (χ4v) is 4.91. The first-order valence-corrected chi connectivity index (χ1v) is 12.7. The Hall–Kier alpha value is -4.04. The Morgan fingerprint density at radius 3 is 2.65 bits per heavy atom. The van der Waals surface area contributed by atoms with E-state index in [9.17, 15) is 4.79 Å². The van der Waals surface area contributed by atoms with E-state index in [1.54, 1.807) is 10.9 Å². The average Bonchev–Trinajstić information content (AvgIpc) is 3.56. The van der Waals surface area contributed by atoms with Gasteiger partial charge in [0.25, 0.3) is 5.56 Å². The molecular weight excluding hydrogens is 464 g/mol. The molecule has 0 bridgehead atoms. The standard InChI is InChI=1S/C29H32N6O2/c1-20(2)27(28-31-32-33-35(28)19-25-10-7-15-37-25)34(14-13-22-8-5-4-6-9-22)18-24-17-23-16-21(3)11-12-26(23)30-29(24)36/h4-12,15-17,20,27H,13-14,18-19H2,1-3H3,(H,30,36)/t27-/m1/s1. The van der Waals surface area contributed by atoms with Crippen LogP contribution in [0.2, 0.25) is 0 Å². The molecule has 3 aromatic heterocycles. The Labute approximate surface area is 215 Å². The number of nitrogens with zero attached hydrogens (tertiary/aromatic N) is 5. The van der Waals surface area contributed by atoms with E-state index in [1.807, 2.05) is 36.4 Å². The monoisotopic (exact) mass is 496 g/mol. The number of aryl methyl sites for hydroxylation is 1. The van der Waals surface area contributed by atoms with Crippen molar-refractivity contribution < 1.29 is 4.42 Å². The summed E-state index contributed by atoms with van der Waals surface area (Å²) in [5.41, 5.74) is 3.90. The van der Waals surface area contributed by atoms with Crippen LogP contribution in [0.5, 0.6) is 0 Å². The number of hydrogen-bond acceptors (Lipinski definition) is 6. The number of furan rings is 1. The van der Waals surface area contributed by atoms with Crippen molar-refractivity contribution in [1.82, 2.24) is 30.1 Å². The van der Waals surface area contributed by atoms with Gasteiger partial charge >= 0.3 is 0 Å². The van der Waals surface area contributed by atoms with Crippen LogP contribution < -0.4 is 5.56 Å². The average molecular weight is 497 g/mol. The highest BCUT2D eigenvalue weighted by Crippen LogP contribution is 2.29. The second-order valence-electron chi connectivity index (χ2n) is 9.88. The molecule has 190 valence electrons. The summed E-state index contributed by atoms with van der Waals surface area (Å²) in [6, 6.07) is 22.2. The Kier molecular flexibility index (Phi) is 7.28. The summed E-state index contributed by atoms with van der Waals surface area (Å²) in [4.78, 5) is 18.5. The summed E-state index contributed by atoms with van der Waals surface area (Å²) < 4.78 is 7.35. The third kappa shape index (κ3) is 5.70. The lowest BCUT2D eigenvalue weighted by atomic mass is 9.99. The normalized spacial score (nSPS) is 12.6. The molecule has 0 fully saturated rings. The van der Waals surface area contributed by atoms with E-state index in [1.165, 1.54) is 5.56 Å². The maximum absolute atomic E-state index is 13.1. The lowest BCUT2D eigenvalue weighted by Gasteiger charge is -2.33. The number of H-pyrrole nitrogens is 1. The van der Waals surface area contributed by atoms with E-state index in [4.69, 9.17) is 4.42 Å². The first kappa shape index (κ1) is 24.6. The number of aromatic nitrogens is 5. The molecule has 3 heterocycles. The molecule has 0 amide bonds. The highest BCUT2D eigenvalue weighted by atomic mass is 16.3. The van der Waals surface area contributed by atoms with Gasteiger partial charge in [-0.1, -0.05) is 55.8 Å². The zero-order valence-electron chi connectivity index (χ0n) is 21.5. The third-order valence-electron chi connectivity index (χ3n) is 6.72. The first-order chi connectivity index (χ1) is 18.0.